The van der Waals surface area contributed by atoms with E-state index >= 15 is 0 Å². The molecule has 5 rings (SSSR count). The normalized spacial score (nSPS) is 38.4. The summed E-state index contributed by atoms with van der Waals surface area (Å²) in [5.41, 5.74) is 0.236. The number of piperidine rings is 1. The lowest BCUT2D eigenvalue weighted by Gasteiger charge is -2.62. The number of hydrogen-bond acceptors (Lipinski definition) is 6. The van der Waals surface area contributed by atoms with Crippen molar-refractivity contribution in [2.45, 2.75) is 48.8 Å². The number of ether oxygens (including phenoxy) is 2. The molecule has 2 heterocycles. The summed E-state index contributed by atoms with van der Waals surface area (Å²) in [5.74, 6) is 0.523. The van der Waals surface area contributed by atoms with E-state index in [0.29, 0.717) is 38.0 Å². The van der Waals surface area contributed by atoms with Gasteiger partial charge in [-0.05, 0) is 37.4 Å². The van der Waals surface area contributed by atoms with Crippen LogP contribution in [-0.4, -0.2) is 65.4 Å². The second-order valence-electron chi connectivity index (χ2n) is 7.81. The molecule has 134 valence electrons. The summed E-state index contributed by atoms with van der Waals surface area (Å²) < 4.78 is 11.2. The largest absolute Gasteiger partial charge is 0.504 e. The molecule has 2 aliphatic heterocycles. The average Bonchev–Trinajstić information content (AvgIpc) is 2.95. The van der Waals surface area contributed by atoms with Gasteiger partial charge in [-0.3, -0.25) is 9.69 Å². The molecule has 0 amide bonds. The Morgan fingerprint density at radius 3 is 3.04 bits per heavy atom. The number of likely N-dealkylation sites (tertiary alicyclic amines) is 1. The minimum absolute atomic E-state index is 0.0391. The lowest BCUT2D eigenvalue weighted by atomic mass is 9.49. The number of rotatable bonds is 3. The van der Waals surface area contributed by atoms with Gasteiger partial charge in [-0.25, -0.2) is 0 Å². The number of Topliss-reactive ketones (excluding diaryl/α,β-unsaturated/α-hetero) is 1. The van der Waals surface area contributed by atoms with Crippen LogP contribution in [0, 0.1) is 0 Å². The van der Waals surface area contributed by atoms with Gasteiger partial charge in [0.25, 0.3) is 0 Å². The summed E-state index contributed by atoms with van der Waals surface area (Å²) in [7, 11) is 1.69. The zero-order valence-corrected chi connectivity index (χ0v) is 14.3. The average molecular weight is 345 g/mol. The van der Waals surface area contributed by atoms with Crippen LogP contribution >= 0.6 is 0 Å². The molecule has 1 aromatic carbocycles. The second kappa shape index (κ2) is 4.96. The smallest absolute Gasteiger partial charge is 0.174 e. The van der Waals surface area contributed by atoms with Gasteiger partial charge in [-0.15, -0.1) is 0 Å². The number of ketones is 1. The van der Waals surface area contributed by atoms with Gasteiger partial charge in [0.2, 0.25) is 0 Å². The van der Waals surface area contributed by atoms with Crippen molar-refractivity contribution in [3.8, 4) is 11.5 Å². The molecule has 2 bridgehead atoms. The van der Waals surface area contributed by atoms with Crippen molar-refractivity contribution in [1.29, 1.82) is 0 Å². The molecule has 1 aromatic rings. The van der Waals surface area contributed by atoms with Crippen LogP contribution in [0.25, 0.3) is 0 Å². The van der Waals surface area contributed by atoms with Crippen LogP contribution in [0.1, 0.15) is 30.4 Å². The van der Waals surface area contributed by atoms with Crippen molar-refractivity contribution >= 4 is 5.78 Å². The zero-order chi connectivity index (χ0) is 17.4. The monoisotopic (exact) mass is 345 g/mol. The van der Waals surface area contributed by atoms with E-state index in [0.717, 1.165) is 24.2 Å². The lowest BCUT2D eigenvalue weighted by molar-refractivity contribution is -0.189. The van der Waals surface area contributed by atoms with Gasteiger partial charge in [0, 0.05) is 31.7 Å². The molecule has 2 aliphatic carbocycles. The molecular weight excluding hydrogens is 322 g/mol. The van der Waals surface area contributed by atoms with E-state index < -0.39 is 17.1 Å². The van der Waals surface area contributed by atoms with E-state index in [4.69, 9.17) is 9.47 Å². The molecule has 4 atom stereocenters. The van der Waals surface area contributed by atoms with Crippen molar-refractivity contribution in [3.63, 3.8) is 0 Å². The minimum atomic E-state index is -1.01. The summed E-state index contributed by atoms with van der Waals surface area (Å²) in [6, 6.07) is 3.51. The van der Waals surface area contributed by atoms with E-state index in [2.05, 4.69) is 4.90 Å². The predicted octanol–water partition coefficient (Wildman–Crippen LogP) is 0.762. The third-order valence-corrected chi connectivity index (χ3v) is 6.95. The first-order valence-corrected chi connectivity index (χ1v) is 9.03. The fourth-order valence-electron chi connectivity index (χ4n) is 5.89. The maximum atomic E-state index is 12.7. The lowest BCUT2D eigenvalue weighted by Crippen LogP contribution is -2.76. The predicted molar refractivity (Wildman–Crippen MR) is 88.9 cm³/mol. The fraction of sp³-hybridized carbons (Fsp3) is 0.632. The van der Waals surface area contributed by atoms with Crippen LogP contribution in [0.3, 0.4) is 0 Å². The molecule has 1 saturated carbocycles. The summed E-state index contributed by atoms with van der Waals surface area (Å²) in [6.07, 6.45) is 1.45. The van der Waals surface area contributed by atoms with E-state index in [1.165, 1.54) is 0 Å². The van der Waals surface area contributed by atoms with Gasteiger partial charge >= 0.3 is 0 Å². The van der Waals surface area contributed by atoms with Crippen LogP contribution in [0.5, 0.6) is 11.5 Å². The maximum absolute atomic E-state index is 12.7. The topological polar surface area (TPSA) is 79.2 Å². The first-order chi connectivity index (χ1) is 12.0. The number of aromatic hydroxyl groups is 1. The van der Waals surface area contributed by atoms with Gasteiger partial charge in [-0.2, -0.15) is 0 Å². The molecule has 1 spiro atoms. The molecule has 1 saturated heterocycles. The Labute approximate surface area is 146 Å². The van der Waals surface area contributed by atoms with Crippen LogP contribution in [0.2, 0.25) is 0 Å². The number of carbonyl (C=O) groups is 1. The molecule has 2 N–H and O–H groups in total. The second-order valence-corrected chi connectivity index (χ2v) is 7.81. The van der Waals surface area contributed by atoms with Gasteiger partial charge < -0.3 is 19.7 Å². The molecule has 6 heteroatoms. The molecule has 0 radical (unpaired) electrons. The van der Waals surface area contributed by atoms with E-state index in [-0.39, 0.29) is 17.6 Å². The number of aliphatic hydroxyl groups is 1. The summed E-state index contributed by atoms with van der Waals surface area (Å²) >= 11 is 0. The Kier molecular flexibility index (Phi) is 3.10. The SMILES string of the molecule is COCCN1CC[C@]23c4c5ccc(O)c4O[C@H]2C(=O)CC[C@@]3(O)C1C5. The molecule has 6 nitrogen and oxygen atoms in total. The van der Waals surface area contributed by atoms with E-state index in [1.54, 1.807) is 13.2 Å². The van der Waals surface area contributed by atoms with Crippen molar-refractivity contribution in [1.82, 2.24) is 4.90 Å². The Bertz CT molecular complexity index is 764. The first kappa shape index (κ1) is 15.6. The first-order valence-electron chi connectivity index (χ1n) is 9.03. The van der Waals surface area contributed by atoms with Crippen LogP contribution in [0.4, 0.5) is 0 Å². The number of phenolic OH excluding ortho intramolecular Hbond substituents is 1. The van der Waals surface area contributed by atoms with Gasteiger partial charge in [-0.1, -0.05) is 6.07 Å². The number of nitrogens with zero attached hydrogens (tertiary/aromatic N) is 1. The van der Waals surface area contributed by atoms with Crippen molar-refractivity contribution in [2.24, 2.45) is 0 Å². The van der Waals surface area contributed by atoms with Crippen LogP contribution in [0.15, 0.2) is 12.1 Å². The van der Waals surface area contributed by atoms with Crippen LogP contribution in [-0.2, 0) is 21.4 Å². The molecule has 4 aliphatic rings. The molecular formula is C19H23NO5. The van der Waals surface area contributed by atoms with Crippen LogP contribution < -0.4 is 4.74 Å². The number of phenols is 1. The van der Waals surface area contributed by atoms with Crippen molar-refractivity contribution in [2.75, 3.05) is 26.8 Å². The molecule has 0 aromatic heterocycles. The molecule has 1 unspecified atom stereocenters. The minimum Gasteiger partial charge on any atom is -0.504 e. The highest BCUT2D eigenvalue weighted by molar-refractivity contribution is 5.90. The Morgan fingerprint density at radius 2 is 2.24 bits per heavy atom. The van der Waals surface area contributed by atoms with E-state index in [9.17, 15) is 15.0 Å². The molecule has 25 heavy (non-hydrogen) atoms. The zero-order valence-electron chi connectivity index (χ0n) is 14.3. The third kappa shape index (κ3) is 1.68. The number of hydrogen-bond donors (Lipinski definition) is 2. The highest BCUT2D eigenvalue weighted by Gasteiger charge is 2.73. The third-order valence-electron chi connectivity index (χ3n) is 6.95. The fourth-order valence-corrected chi connectivity index (χ4v) is 5.89. The Balaban J connectivity index is 1.72. The highest BCUT2D eigenvalue weighted by Crippen LogP contribution is 2.64. The number of methoxy groups -OCH3 is 1. The van der Waals surface area contributed by atoms with Crippen molar-refractivity contribution in [3.05, 3.63) is 23.3 Å². The summed E-state index contributed by atoms with van der Waals surface area (Å²) in [6.45, 7) is 2.17. The Hall–Kier alpha value is -1.63. The van der Waals surface area contributed by atoms with Gasteiger partial charge in [0.15, 0.2) is 23.4 Å². The molecule has 2 fully saturated rings. The maximum Gasteiger partial charge on any atom is 0.174 e. The van der Waals surface area contributed by atoms with E-state index in [1.807, 2.05) is 6.07 Å². The highest BCUT2D eigenvalue weighted by atomic mass is 16.5. The summed E-state index contributed by atoms with van der Waals surface area (Å²) in [5, 5.41) is 22.2. The number of benzene rings is 1. The standard InChI is InChI=1S/C19H23NO5/c1-24-9-8-20-7-6-18-15-11-2-3-12(21)16(15)25-17(18)13(22)4-5-19(18,23)14(20)10-11/h2-3,14,17,21,23H,4-10H2,1H3/t14?,17-,18-,19+/m0/s1. The quantitative estimate of drug-likeness (QED) is 0.842. The van der Waals surface area contributed by atoms with Crippen molar-refractivity contribution < 1.29 is 24.5 Å². The summed E-state index contributed by atoms with van der Waals surface area (Å²) in [4.78, 5) is 15.0. The van der Waals surface area contributed by atoms with Gasteiger partial charge in [0.1, 0.15) is 0 Å². The van der Waals surface area contributed by atoms with Gasteiger partial charge in [0.05, 0.1) is 17.6 Å². The Morgan fingerprint density at radius 1 is 1.40 bits per heavy atom. The number of carbonyl (C=O) groups excluding carboxylic acids is 1.